The molecule has 1 unspecified atom stereocenters. The number of hydrogen-bond acceptors (Lipinski definition) is 7. The van der Waals surface area contributed by atoms with Crippen LogP contribution in [0.25, 0.3) is 0 Å². The molecule has 1 aromatic carbocycles. The Kier molecular flexibility index (Phi) is 7.81. The maximum Gasteiger partial charge on any atom is 0.246 e. The average Bonchev–Trinajstić information content (AvgIpc) is 3.19. The number of piperidine rings is 2. The number of hydrogen-bond donors (Lipinski definition) is 2. The molecule has 2 aliphatic rings. The monoisotopic (exact) mass is 457 g/mol. The summed E-state index contributed by atoms with van der Waals surface area (Å²) in [5.41, 5.74) is 13.5. The topological polar surface area (TPSA) is 98.5 Å². The standard InChI is InChI=1S/C23H35N7OS/c24-21(32)20(30-22(25)26-23(27-30)29-13-5-2-6-14-29)10-15-31-19-9-7-8-18(16-19)17-28-11-3-1-4-12-28/h7-9,16,20H,1-6,10-15,17H2,(H2,24,32)(H2,25,26,27). The van der Waals surface area contributed by atoms with Crippen molar-refractivity contribution in [1.29, 1.82) is 0 Å². The van der Waals surface area contributed by atoms with Crippen LogP contribution in [0.5, 0.6) is 5.75 Å². The van der Waals surface area contributed by atoms with E-state index in [-0.39, 0.29) is 6.04 Å². The van der Waals surface area contributed by atoms with Crippen LogP contribution in [0, 0.1) is 0 Å². The van der Waals surface area contributed by atoms with Crippen LogP contribution >= 0.6 is 12.2 Å². The minimum Gasteiger partial charge on any atom is -0.493 e. The molecule has 2 aromatic rings. The summed E-state index contributed by atoms with van der Waals surface area (Å²) in [4.78, 5) is 9.50. The van der Waals surface area contributed by atoms with E-state index in [4.69, 9.17) is 28.4 Å². The van der Waals surface area contributed by atoms with Crippen LogP contribution in [0.1, 0.15) is 56.6 Å². The molecular weight excluding hydrogens is 422 g/mol. The van der Waals surface area contributed by atoms with Gasteiger partial charge in [0.25, 0.3) is 0 Å². The molecule has 4 rings (SSSR count). The molecule has 0 radical (unpaired) electrons. The largest absolute Gasteiger partial charge is 0.493 e. The maximum atomic E-state index is 6.18. The molecule has 8 nitrogen and oxygen atoms in total. The van der Waals surface area contributed by atoms with Crippen molar-refractivity contribution in [2.24, 2.45) is 5.73 Å². The van der Waals surface area contributed by atoms with E-state index in [1.54, 1.807) is 4.68 Å². The number of aromatic nitrogens is 3. The van der Waals surface area contributed by atoms with Crippen molar-refractivity contribution < 1.29 is 4.74 Å². The molecule has 32 heavy (non-hydrogen) atoms. The quantitative estimate of drug-likeness (QED) is 0.554. The predicted molar refractivity (Wildman–Crippen MR) is 132 cm³/mol. The third-order valence-electron chi connectivity index (χ3n) is 6.32. The number of likely N-dealkylation sites (tertiary alicyclic amines) is 1. The van der Waals surface area contributed by atoms with Crippen molar-refractivity contribution in [3.05, 3.63) is 29.8 Å². The zero-order valence-corrected chi connectivity index (χ0v) is 19.6. The summed E-state index contributed by atoms with van der Waals surface area (Å²) in [6.07, 6.45) is 8.07. The molecule has 174 valence electrons. The lowest BCUT2D eigenvalue weighted by Crippen LogP contribution is -2.31. The number of anilines is 2. The molecule has 2 fully saturated rings. The van der Waals surface area contributed by atoms with Gasteiger partial charge in [0, 0.05) is 26.1 Å². The number of ether oxygens (including phenoxy) is 1. The van der Waals surface area contributed by atoms with E-state index in [2.05, 4.69) is 38.1 Å². The van der Waals surface area contributed by atoms with Gasteiger partial charge in [0.2, 0.25) is 11.9 Å². The Morgan fingerprint density at radius 2 is 1.78 bits per heavy atom. The van der Waals surface area contributed by atoms with Gasteiger partial charge in [0.05, 0.1) is 11.6 Å². The fraction of sp³-hybridized carbons (Fsp3) is 0.609. The molecule has 3 heterocycles. The molecule has 9 heteroatoms. The number of benzene rings is 1. The van der Waals surface area contributed by atoms with Crippen LogP contribution in [0.4, 0.5) is 11.9 Å². The molecule has 1 aromatic heterocycles. The zero-order valence-electron chi connectivity index (χ0n) is 18.8. The average molecular weight is 458 g/mol. The highest BCUT2D eigenvalue weighted by atomic mass is 32.1. The molecule has 0 saturated carbocycles. The first kappa shape index (κ1) is 22.8. The number of nitrogens with zero attached hydrogens (tertiary/aromatic N) is 5. The second-order valence-corrected chi connectivity index (χ2v) is 9.27. The second kappa shape index (κ2) is 11.0. The summed E-state index contributed by atoms with van der Waals surface area (Å²) in [7, 11) is 0. The highest BCUT2D eigenvalue weighted by molar-refractivity contribution is 7.80. The van der Waals surface area contributed by atoms with Crippen LogP contribution < -0.4 is 21.1 Å². The fourth-order valence-electron chi connectivity index (χ4n) is 4.56. The first-order valence-corrected chi connectivity index (χ1v) is 12.2. The maximum absolute atomic E-state index is 6.18. The van der Waals surface area contributed by atoms with Gasteiger partial charge in [-0.05, 0) is 62.9 Å². The summed E-state index contributed by atoms with van der Waals surface area (Å²) >= 11 is 5.33. The van der Waals surface area contributed by atoms with E-state index in [1.807, 2.05) is 6.07 Å². The summed E-state index contributed by atoms with van der Waals surface area (Å²) in [5, 5.41) is 4.64. The third-order valence-corrected chi connectivity index (χ3v) is 6.59. The predicted octanol–water partition coefficient (Wildman–Crippen LogP) is 3.13. The highest BCUT2D eigenvalue weighted by Crippen LogP contribution is 2.23. The molecule has 4 N–H and O–H groups in total. The third kappa shape index (κ3) is 5.89. The number of thiocarbonyl (C=S) groups is 1. The summed E-state index contributed by atoms with van der Waals surface area (Å²) in [6.45, 7) is 5.71. The van der Waals surface area contributed by atoms with E-state index in [9.17, 15) is 0 Å². The fourth-order valence-corrected chi connectivity index (χ4v) is 4.78. The van der Waals surface area contributed by atoms with E-state index in [0.717, 1.165) is 38.2 Å². The molecule has 0 spiro atoms. The summed E-state index contributed by atoms with van der Waals surface area (Å²) in [6, 6.07) is 8.01. The Labute approximate surface area is 195 Å². The normalized spacial score (nSPS) is 18.4. The Morgan fingerprint density at radius 1 is 1.06 bits per heavy atom. The van der Waals surface area contributed by atoms with Crippen LogP contribution in [-0.4, -0.2) is 57.4 Å². The smallest absolute Gasteiger partial charge is 0.246 e. The van der Waals surface area contributed by atoms with E-state index in [1.165, 1.54) is 44.3 Å². The van der Waals surface area contributed by atoms with E-state index >= 15 is 0 Å². The Morgan fingerprint density at radius 3 is 2.50 bits per heavy atom. The van der Waals surface area contributed by atoms with E-state index in [0.29, 0.717) is 29.9 Å². The number of nitrogens with two attached hydrogens (primary N) is 2. The Bertz CT molecular complexity index is 890. The van der Waals surface area contributed by atoms with Crippen LogP contribution in [-0.2, 0) is 6.54 Å². The van der Waals surface area contributed by atoms with Crippen molar-refractivity contribution in [2.75, 3.05) is 43.4 Å². The van der Waals surface area contributed by atoms with Gasteiger partial charge >= 0.3 is 0 Å². The first-order chi connectivity index (χ1) is 15.6. The van der Waals surface area contributed by atoms with Gasteiger partial charge in [0.15, 0.2) is 0 Å². The van der Waals surface area contributed by atoms with Crippen molar-refractivity contribution in [3.8, 4) is 5.75 Å². The van der Waals surface area contributed by atoms with Gasteiger partial charge in [-0.3, -0.25) is 4.90 Å². The first-order valence-electron chi connectivity index (χ1n) is 11.8. The van der Waals surface area contributed by atoms with Crippen LogP contribution in [0.2, 0.25) is 0 Å². The molecular formula is C23H35N7OS. The van der Waals surface area contributed by atoms with Gasteiger partial charge in [-0.15, -0.1) is 5.10 Å². The van der Waals surface area contributed by atoms with Crippen molar-refractivity contribution in [3.63, 3.8) is 0 Å². The van der Waals surface area contributed by atoms with Crippen molar-refractivity contribution in [2.45, 2.75) is 57.5 Å². The van der Waals surface area contributed by atoms with Gasteiger partial charge in [0.1, 0.15) is 11.8 Å². The lowest BCUT2D eigenvalue weighted by atomic mass is 10.1. The summed E-state index contributed by atoms with van der Waals surface area (Å²) in [5.74, 6) is 1.86. The number of rotatable bonds is 9. The minimum atomic E-state index is -0.326. The Balaban J connectivity index is 1.35. The SMILES string of the molecule is NC(=S)C(CCOc1cccc(CN2CCCCC2)c1)n1nc(N2CCCCC2)nc1N. The van der Waals surface area contributed by atoms with Crippen molar-refractivity contribution in [1.82, 2.24) is 19.7 Å². The van der Waals surface area contributed by atoms with E-state index < -0.39 is 0 Å². The lowest BCUT2D eigenvalue weighted by molar-refractivity contribution is 0.220. The zero-order chi connectivity index (χ0) is 22.3. The second-order valence-electron chi connectivity index (χ2n) is 8.80. The van der Waals surface area contributed by atoms with Crippen molar-refractivity contribution >= 4 is 29.1 Å². The summed E-state index contributed by atoms with van der Waals surface area (Å²) < 4.78 is 7.71. The van der Waals surface area contributed by atoms with Gasteiger partial charge in [-0.1, -0.05) is 30.8 Å². The van der Waals surface area contributed by atoms with Crippen LogP contribution in [0.15, 0.2) is 24.3 Å². The van der Waals surface area contributed by atoms with Crippen LogP contribution in [0.3, 0.4) is 0 Å². The molecule has 0 amide bonds. The Hall–Kier alpha value is -2.39. The molecule has 0 bridgehead atoms. The minimum absolute atomic E-state index is 0.326. The molecule has 2 aliphatic heterocycles. The number of nitrogen functional groups attached to an aromatic ring is 1. The molecule has 0 aliphatic carbocycles. The van der Waals surface area contributed by atoms with Gasteiger partial charge < -0.3 is 21.1 Å². The van der Waals surface area contributed by atoms with Gasteiger partial charge in [-0.25, -0.2) is 4.68 Å². The molecule has 1 atom stereocenters. The van der Waals surface area contributed by atoms with Gasteiger partial charge in [-0.2, -0.15) is 4.98 Å². The lowest BCUT2D eigenvalue weighted by Gasteiger charge is -2.26. The molecule has 2 saturated heterocycles. The highest BCUT2D eigenvalue weighted by Gasteiger charge is 2.23.